The van der Waals surface area contributed by atoms with Crippen LogP contribution in [0.1, 0.15) is 51.7 Å². The highest BCUT2D eigenvalue weighted by Crippen LogP contribution is 2.36. The summed E-state index contributed by atoms with van der Waals surface area (Å²) in [6.07, 6.45) is 1.38. The van der Waals surface area contributed by atoms with Gasteiger partial charge in [-0.3, -0.25) is 0 Å². The van der Waals surface area contributed by atoms with Gasteiger partial charge in [-0.15, -0.1) is 24.8 Å². The molecule has 0 spiro atoms. The lowest BCUT2D eigenvalue weighted by Crippen LogP contribution is -2.38. The van der Waals surface area contributed by atoms with Crippen LogP contribution in [-0.4, -0.2) is 75.5 Å². The van der Waals surface area contributed by atoms with Crippen LogP contribution >= 0.6 is 24.8 Å². The molecule has 0 saturated heterocycles. The Morgan fingerprint density at radius 3 is 1.24 bits per heavy atom. The smallest absolute Gasteiger partial charge is 0.119 e. The van der Waals surface area contributed by atoms with Crippen molar-refractivity contribution in [3.05, 3.63) is 59.7 Å². The summed E-state index contributed by atoms with van der Waals surface area (Å²) in [6, 6.07) is 15.4. The van der Waals surface area contributed by atoms with Gasteiger partial charge in [-0.25, -0.2) is 0 Å². The highest BCUT2D eigenvalue weighted by Gasteiger charge is 2.35. The molecule has 220 valence electrons. The van der Waals surface area contributed by atoms with Crippen LogP contribution in [0.15, 0.2) is 48.5 Å². The highest BCUT2D eigenvalue weighted by atomic mass is 35.5. The minimum absolute atomic E-state index is 0. The Balaban J connectivity index is 0. The van der Waals surface area contributed by atoms with Crippen molar-refractivity contribution in [1.29, 1.82) is 0 Å². The zero-order chi connectivity index (χ0) is 27.5. The number of hydrogen-bond donors (Lipinski definition) is 2. The number of aliphatic hydroxyl groups is 2. The molecule has 0 bridgehead atoms. The van der Waals surface area contributed by atoms with Crippen molar-refractivity contribution in [2.24, 2.45) is 11.8 Å². The van der Waals surface area contributed by atoms with E-state index in [9.17, 15) is 10.2 Å². The molecular formula is C30H52Cl2N2O4. The zero-order valence-corrected chi connectivity index (χ0v) is 26.7. The van der Waals surface area contributed by atoms with E-state index < -0.39 is 11.2 Å². The Morgan fingerprint density at radius 1 is 0.684 bits per heavy atom. The van der Waals surface area contributed by atoms with Gasteiger partial charge in [-0.05, 0) is 76.4 Å². The molecule has 0 fully saturated rings. The zero-order valence-electron chi connectivity index (χ0n) is 25.0. The first kappa shape index (κ1) is 38.6. The summed E-state index contributed by atoms with van der Waals surface area (Å²) in [7, 11) is 11.4. The summed E-state index contributed by atoms with van der Waals surface area (Å²) in [5, 5.41) is 21.9. The number of benzene rings is 2. The van der Waals surface area contributed by atoms with Crippen LogP contribution in [0.4, 0.5) is 0 Å². The number of hydrogen-bond acceptors (Lipinski definition) is 6. The molecule has 0 heterocycles. The fraction of sp³-hybridized carbons (Fsp3) is 0.600. The van der Waals surface area contributed by atoms with E-state index in [4.69, 9.17) is 9.47 Å². The average Bonchev–Trinajstić information content (AvgIpc) is 2.87. The van der Waals surface area contributed by atoms with Crippen LogP contribution in [0, 0.1) is 11.8 Å². The molecule has 2 N–H and O–H groups in total. The van der Waals surface area contributed by atoms with Gasteiger partial charge < -0.3 is 29.5 Å². The quantitative estimate of drug-likeness (QED) is 0.332. The van der Waals surface area contributed by atoms with E-state index in [1.54, 1.807) is 14.2 Å². The van der Waals surface area contributed by atoms with E-state index in [1.807, 2.05) is 90.6 Å². The molecule has 8 heteroatoms. The molecule has 38 heavy (non-hydrogen) atoms. The van der Waals surface area contributed by atoms with Gasteiger partial charge >= 0.3 is 0 Å². The lowest BCUT2D eigenvalue weighted by Gasteiger charge is -2.35. The monoisotopic (exact) mass is 574 g/mol. The van der Waals surface area contributed by atoms with E-state index in [1.165, 1.54) is 0 Å². The van der Waals surface area contributed by atoms with Gasteiger partial charge in [0, 0.05) is 24.9 Å². The van der Waals surface area contributed by atoms with Crippen molar-refractivity contribution in [2.75, 3.05) is 55.5 Å². The maximum Gasteiger partial charge on any atom is 0.119 e. The Morgan fingerprint density at radius 2 is 1.00 bits per heavy atom. The molecule has 0 aliphatic rings. The number of nitrogens with zero attached hydrogens (tertiary/aromatic N) is 2. The number of ether oxygens (including phenoxy) is 2. The Bertz CT molecular complexity index is 842. The van der Waals surface area contributed by atoms with E-state index >= 15 is 0 Å². The predicted octanol–water partition coefficient (Wildman–Crippen LogP) is 5.82. The van der Waals surface area contributed by atoms with Gasteiger partial charge in [0.25, 0.3) is 0 Å². The van der Waals surface area contributed by atoms with Crippen LogP contribution in [0.3, 0.4) is 0 Å². The van der Waals surface area contributed by atoms with Crippen LogP contribution in [-0.2, 0) is 11.2 Å². The first-order valence-electron chi connectivity index (χ1n) is 12.9. The van der Waals surface area contributed by atoms with Crippen molar-refractivity contribution in [2.45, 2.75) is 51.7 Å². The number of halogens is 2. The van der Waals surface area contributed by atoms with E-state index in [2.05, 4.69) is 23.6 Å². The average molecular weight is 576 g/mol. The lowest BCUT2D eigenvalue weighted by molar-refractivity contribution is -0.0294. The fourth-order valence-electron chi connectivity index (χ4n) is 4.86. The fourth-order valence-corrected chi connectivity index (χ4v) is 4.86. The third-order valence-corrected chi connectivity index (χ3v) is 7.13. The maximum absolute atomic E-state index is 10.9. The van der Waals surface area contributed by atoms with Gasteiger partial charge in [-0.2, -0.15) is 0 Å². The third kappa shape index (κ3) is 10.6. The van der Waals surface area contributed by atoms with Crippen LogP contribution in [0.2, 0.25) is 0 Å². The number of methoxy groups -OCH3 is 2. The second-order valence-electron chi connectivity index (χ2n) is 10.3. The predicted molar refractivity (Wildman–Crippen MR) is 164 cm³/mol. The van der Waals surface area contributed by atoms with Gasteiger partial charge in [0.15, 0.2) is 0 Å². The molecule has 2 aromatic carbocycles. The summed E-state index contributed by atoms with van der Waals surface area (Å²) in [5.74, 6) is 1.89. The minimum atomic E-state index is -0.807. The second-order valence-corrected chi connectivity index (χ2v) is 10.3. The van der Waals surface area contributed by atoms with Gasteiger partial charge in [-0.1, -0.05) is 52.0 Å². The highest BCUT2D eigenvalue weighted by molar-refractivity contribution is 5.85. The molecule has 2 aromatic rings. The Hall–Kier alpha value is -1.54. The molecular weight excluding hydrogens is 523 g/mol. The van der Waals surface area contributed by atoms with Crippen LogP contribution in [0.5, 0.6) is 11.5 Å². The summed E-state index contributed by atoms with van der Waals surface area (Å²) in [6.45, 7) is 9.91. The second kappa shape index (κ2) is 17.9. The first-order valence-corrected chi connectivity index (χ1v) is 12.9. The maximum atomic E-state index is 10.9. The van der Waals surface area contributed by atoms with Crippen LogP contribution in [0.25, 0.3) is 0 Å². The molecule has 0 aliphatic carbocycles. The van der Waals surface area contributed by atoms with Crippen molar-refractivity contribution in [1.82, 2.24) is 9.80 Å². The molecule has 0 radical (unpaired) electrons. The van der Waals surface area contributed by atoms with Gasteiger partial charge in [0.1, 0.15) is 11.5 Å². The molecule has 0 aromatic heterocycles. The summed E-state index contributed by atoms with van der Waals surface area (Å²) in [5.41, 5.74) is 0.245. The molecule has 2 rings (SSSR count). The SMILES string of the molecule is CC[C@@](O)(c1cccc(OC)c1)[C@@H](C)CN(C)C.CC[C@](O)(c1cccc(OC)c1)[C@H](C)CN(C)C.Cl.Cl. The molecule has 0 unspecified atom stereocenters. The Kier molecular flexibility index (Phi) is 18.2. The summed E-state index contributed by atoms with van der Waals surface area (Å²) < 4.78 is 10.5. The molecule has 0 saturated carbocycles. The molecule has 0 amide bonds. The van der Waals surface area contributed by atoms with Crippen molar-refractivity contribution >= 4 is 24.8 Å². The lowest BCUT2D eigenvalue weighted by atomic mass is 9.80. The van der Waals surface area contributed by atoms with Gasteiger partial charge in [0.2, 0.25) is 0 Å². The van der Waals surface area contributed by atoms with Crippen LogP contribution < -0.4 is 9.47 Å². The Labute approximate surface area is 244 Å². The normalized spacial score (nSPS) is 15.5. The van der Waals surface area contributed by atoms with Crippen molar-refractivity contribution < 1.29 is 19.7 Å². The van der Waals surface area contributed by atoms with E-state index in [0.29, 0.717) is 12.8 Å². The summed E-state index contributed by atoms with van der Waals surface area (Å²) >= 11 is 0. The van der Waals surface area contributed by atoms with E-state index in [0.717, 1.165) is 35.7 Å². The third-order valence-electron chi connectivity index (χ3n) is 7.13. The largest absolute Gasteiger partial charge is 0.497 e. The number of rotatable bonds is 12. The first-order chi connectivity index (χ1) is 16.9. The van der Waals surface area contributed by atoms with Crippen molar-refractivity contribution in [3.8, 4) is 11.5 Å². The minimum Gasteiger partial charge on any atom is -0.497 e. The standard InChI is InChI=1S/2C15H25NO2.2ClH/c2*1-6-15(17,12(2)11-16(3)4)13-8-7-9-14(10-13)18-5;;/h2*7-10,12,17H,6,11H2,1-5H3;2*1H/t2*12-,15-;;/m10../s1. The van der Waals surface area contributed by atoms with E-state index in [-0.39, 0.29) is 36.6 Å². The molecule has 6 nitrogen and oxygen atoms in total. The summed E-state index contributed by atoms with van der Waals surface area (Å²) in [4.78, 5) is 4.21. The van der Waals surface area contributed by atoms with Gasteiger partial charge in [0.05, 0.1) is 25.4 Å². The molecule has 0 aliphatic heterocycles. The van der Waals surface area contributed by atoms with Crippen molar-refractivity contribution in [3.63, 3.8) is 0 Å². The molecule has 4 atom stereocenters. The topological polar surface area (TPSA) is 65.4 Å².